The van der Waals surface area contributed by atoms with Crippen LogP contribution in [0.1, 0.15) is 60.8 Å². The molecule has 0 radical (unpaired) electrons. The molecule has 0 amide bonds. The Hall–Kier alpha value is 0. The van der Waals surface area contributed by atoms with Crippen LogP contribution in [0.25, 0.3) is 0 Å². The third kappa shape index (κ3) is 6.69. The smallest absolute Gasteiger partial charge is 0.0383 e. The van der Waals surface area contributed by atoms with Crippen molar-refractivity contribution in [3.63, 3.8) is 0 Å². The van der Waals surface area contributed by atoms with E-state index in [1.807, 2.05) is 0 Å². The maximum absolute atomic E-state index is 2.37. The van der Waals surface area contributed by atoms with Gasteiger partial charge in [0.1, 0.15) is 0 Å². The third-order valence-corrected chi connectivity index (χ3v) is 2.72. The topological polar surface area (TPSA) is 0 Å². The lowest BCUT2D eigenvalue weighted by Crippen LogP contribution is -2.08. The Morgan fingerprint density at radius 2 is 1.50 bits per heavy atom. The van der Waals surface area contributed by atoms with E-state index in [1.165, 1.54) is 19.3 Å². The zero-order chi connectivity index (χ0) is 9.78. The van der Waals surface area contributed by atoms with Gasteiger partial charge in [-0.1, -0.05) is 54.4 Å². The molecule has 1 atom stereocenters. The summed E-state index contributed by atoms with van der Waals surface area (Å²) in [7, 11) is 0. The van der Waals surface area contributed by atoms with Crippen LogP contribution in [0.3, 0.4) is 0 Å². The second kappa shape index (κ2) is 4.89. The van der Waals surface area contributed by atoms with Crippen LogP contribution >= 0.6 is 0 Å². The van der Waals surface area contributed by atoms with Gasteiger partial charge in [-0.25, -0.2) is 0 Å². The van der Waals surface area contributed by atoms with Crippen LogP contribution in [-0.2, 0) is 0 Å². The minimum absolute atomic E-state index is 0.525. The predicted octanol–water partition coefficient (Wildman–Crippen LogP) is 4.49. The van der Waals surface area contributed by atoms with Crippen LogP contribution in [0, 0.1) is 17.3 Å². The van der Waals surface area contributed by atoms with Crippen LogP contribution in [0.4, 0.5) is 0 Å². The van der Waals surface area contributed by atoms with E-state index >= 15 is 0 Å². The number of hydrogen-bond donors (Lipinski definition) is 0. The first kappa shape index (κ1) is 12.0. The summed E-state index contributed by atoms with van der Waals surface area (Å²) in [5.74, 6) is 1.75. The van der Waals surface area contributed by atoms with Gasteiger partial charge in [0.25, 0.3) is 0 Å². The molecule has 0 aromatic rings. The van der Waals surface area contributed by atoms with Crippen molar-refractivity contribution in [2.75, 3.05) is 0 Å². The lowest BCUT2D eigenvalue weighted by atomic mass is 9.86. The van der Waals surface area contributed by atoms with Crippen molar-refractivity contribution >= 4 is 0 Å². The Morgan fingerprint density at radius 1 is 1.00 bits per heavy atom. The summed E-state index contributed by atoms with van der Waals surface area (Å²) in [5.41, 5.74) is 0.525. The summed E-state index contributed by atoms with van der Waals surface area (Å²) in [4.78, 5) is 0. The zero-order valence-electron chi connectivity index (χ0n) is 9.78. The van der Waals surface area contributed by atoms with E-state index in [-0.39, 0.29) is 0 Å². The Kier molecular flexibility index (Phi) is 4.89. The quantitative estimate of drug-likeness (QED) is 0.583. The minimum Gasteiger partial charge on any atom is -0.0625 e. The third-order valence-electron chi connectivity index (χ3n) is 2.72. The Bertz CT molecular complexity index is 106. The highest BCUT2D eigenvalue weighted by molar-refractivity contribution is 4.64. The average molecular weight is 170 g/mol. The molecule has 0 aromatic carbocycles. The van der Waals surface area contributed by atoms with Gasteiger partial charge in [-0.15, -0.1) is 0 Å². The molecule has 0 aliphatic heterocycles. The molecule has 1 unspecified atom stereocenters. The van der Waals surface area contributed by atoms with E-state index in [0.717, 1.165) is 11.8 Å². The van der Waals surface area contributed by atoms with Gasteiger partial charge >= 0.3 is 0 Å². The lowest BCUT2D eigenvalue weighted by molar-refractivity contribution is 0.316. The first-order valence-electron chi connectivity index (χ1n) is 5.33. The molecule has 0 heteroatoms. The summed E-state index contributed by atoms with van der Waals surface area (Å²) in [6.07, 6.45) is 4.15. The van der Waals surface area contributed by atoms with Crippen molar-refractivity contribution in [1.82, 2.24) is 0 Å². The van der Waals surface area contributed by atoms with Crippen molar-refractivity contribution in [3.05, 3.63) is 0 Å². The molecule has 0 aliphatic rings. The number of hydrogen-bond acceptors (Lipinski definition) is 0. The van der Waals surface area contributed by atoms with Gasteiger partial charge in [0.2, 0.25) is 0 Å². The molecule has 0 saturated carbocycles. The first-order valence-corrected chi connectivity index (χ1v) is 5.33. The van der Waals surface area contributed by atoms with E-state index in [4.69, 9.17) is 0 Å². The summed E-state index contributed by atoms with van der Waals surface area (Å²) in [6, 6.07) is 0. The summed E-state index contributed by atoms with van der Waals surface area (Å²) >= 11 is 0. The maximum atomic E-state index is 2.37. The molecule has 0 heterocycles. The second-order valence-corrected chi connectivity index (χ2v) is 5.67. The molecule has 74 valence electrons. The highest BCUT2D eigenvalue weighted by Crippen LogP contribution is 2.25. The predicted molar refractivity (Wildman–Crippen MR) is 57.3 cm³/mol. The molecule has 0 nitrogen and oxygen atoms in total. The van der Waals surface area contributed by atoms with Gasteiger partial charge in [-0.05, 0) is 23.7 Å². The molecule has 0 fully saturated rings. The molecule has 0 aromatic heterocycles. The van der Waals surface area contributed by atoms with Crippen LogP contribution in [-0.4, -0.2) is 0 Å². The van der Waals surface area contributed by atoms with Crippen LogP contribution < -0.4 is 0 Å². The molecular weight excluding hydrogens is 144 g/mol. The van der Waals surface area contributed by atoms with Gasteiger partial charge in [0.15, 0.2) is 0 Å². The van der Waals surface area contributed by atoms with E-state index in [1.54, 1.807) is 0 Å². The van der Waals surface area contributed by atoms with Gasteiger partial charge in [0, 0.05) is 0 Å². The summed E-state index contributed by atoms with van der Waals surface area (Å²) < 4.78 is 0. The molecule has 0 rings (SSSR count). The highest BCUT2D eigenvalue weighted by atomic mass is 14.2. The van der Waals surface area contributed by atoms with Gasteiger partial charge < -0.3 is 0 Å². The first-order chi connectivity index (χ1) is 5.33. The van der Waals surface area contributed by atoms with Crippen molar-refractivity contribution in [2.24, 2.45) is 17.3 Å². The molecule has 0 N–H and O–H groups in total. The second-order valence-electron chi connectivity index (χ2n) is 5.67. The number of rotatable bonds is 4. The fourth-order valence-electron chi connectivity index (χ4n) is 1.29. The molecule has 0 aliphatic carbocycles. The molecule has 0 spiro atoms. The largest absolute Gasteiger partial charge is 0.0625 e. The summed E-state index contributed by atoms with van der Waals surface area (Å²) in [6.45, 7) is 14.0. The van der Waals surface area contributed by atoms with Crippen LogP contribution in [0.15, 0.2) is 0 Å². The Balaban J connectivity index is 3.44. The van der Waals surface area contributed by atoms with Crippen molar-refractivity contribution in [3.8, 4) is 0 Å². The van der Waals surface area contributed by atoms with Gasteiger partial charge in [-0.2, -0.15) is 0 Å². The van der Waals surface area contributed by atoms with Gasteiger partial charge in [-0.3, -0.25) is 0 Å². The lowest BCUT2D eigenvalue weighted by Gasteiger charge is -2.20. The van der Waals surface area contributed by atoms with Crippen LogP contribution in [0.5, 0.6) is 0 Å². The van der Waals surface area contributed by atoms with Crippen molar-refractivity contribution < 1.29 is 0 Å². The fourth-order valence-corrected chi connectivity index (χ4v) is 1.29. The monoisotopic (exact) mass is 170 g/mol. The Labute approximate surface area is 78.8 Å². The van der Waals surface area contributed by atoms with Crippen molar-refractivity contribution in [2.45, 2.75) is 60.8 Å². The minimum atomic E-state index is 0.525. The van der Waals surface area contributed by atoms with Gasteiger partial charge in [0.05, 0.1) is 0 Å². The maximum Gasteiger partial charge on any atom is -0.0383 e. The Morgan fingerprint density at radius 3 is 1.83 bits per heavy atom. The fraction of sp³-hybridized carbons (Fsp3) is 1.00. The average Bonchev–Trinajstić information content (AvgIpc) is 1.84. The highest BCUT2D eigenvalue weighted by Gasteiger charge is 2.12. The zero-order valence-corrected chi connectivity index (χ0v) is 9.78. The molecule has 0 bridgehead atoms. The molecular formula is C12H26. The SMILES string of the molecule is CC(C)C(C)CCCC(C)(C)C. The molecule has 12 heavy (non-hydrogen) atoms. The standard InChI is InChI=1S/C12H26/c1-10(2)11(3)8-7-9-12(4,5)6/h10-11H,7-9H2,1-6H3. The van der Waals surface area contributed by atoms with Crippen molar-refractivity contribution in [1.29, 1.82) is 0 Å². The summed E-state index contributed by atoms with van der Waals surface area (Å²) in [5, 5.41) is 0. The van der Waals surface area contributed by atoms with E-state index < -0.39 is 0 Å². The normalized spacial score (nSPS) is 15.2. The van der Waals surface area contributed by atoms with E-state index in [0.29, 0.717) is 5.41 Å². The van der Waals surface area contributed by atoms with E-state index in [2.05, 4.69) is 41.5 Å². The van der Waals surface area contributed by atoms with E-state index in [9.17, 15) is 0 Å². The van der Waals surface area contributed by atoms with Crippen LogP contribution in [0.2, 0.25) is 0 Å². The molecule has 0 saturated heterocycles.